The fourth-order valence-electron chi connectivity index (χ4n) is 3.03. The van der Waals surface area contributed by atoms with Gasteiger partial charge in [-0.3, -0.25) is 0 Å². The van der Waals surface area contributed by atoms with Crippen molar-refractivity contribution in [1.29, 1.82) is 0 Å². The van der Waals surface area contributed by atoms with Crippen molar-refractivity contribution >= 4 is 0 Å². The number of benzene rings is 1. The van der Waals surface area contributed by atoms with Gasteiger partial charge in [-0.15, -0.1) is 0 Å². The van der Waals surface area contributed by atoms with Crippen molar-refractivity contribution in [1.82, 2.24) is 0 Å². The van der Waals surface area contributed by atoms with Crippen LogP contribution in [0.5, 0.6) is 0 Å². The summed E-state index contributed by atoms with van der Waals surface area (Å²) in [6.45, 7) is 0.758. The molecule has 1 saturated carbocycles. The van der Waals surface area contributed by atoms with Crippen LogP contribution in [0.2, 0.25) is 0 Å². The van der Waals surface area contributed by atoms with Crippen molar-refractivity contribution in [2.24, 2.45) is 11.8 Å². The maximum Gasteiger partial charge on any atom is 0.0643 e. The lowest BCUT2D eigenvalue weighted by atomic mass is 9.79. The molecule has 0 amide bonds. The summed E-state index contributed by atoms with van der Waals surface area (Å²) >= 11 is 0. The molecule has 104 valence electrons. The standard InChI is InChI=1S/C18H26O/c1-19-15-5-8-17-10-13-18(14-11-17)12-9-16-6-3-2-4-7-16/h2-8,17-18H,9-15H2,1H3/b8-5+/t17-,18-. The van der Waals surface area contributed by atoms with Gasteiger partial charge in [0.25, 0.3) is 0 Å². The molecule has 1 fully saturated rings. The van der Waals surface area contributed by atoms with E-state index in [4.69, 9.17) is 4.74 Å². The minimum atomic E-state index is 0.758. The van der Waals surface area contributed by atoms with Crippen molar-refractivity contribution in [2.45, 2.75) is 38.5 Å². The van der Waals surface area contributed by atoms with Gasteiger partial charge >= 0.3 is 0 Å². The molecule has 2 rings (SSSR count). The minimum Gasteiger partial charge on any atom is -0.381 e. The number of hydrogen-bond acceptors (Lipinski definition) is 1. The van der Waals surface area contributed by atoms with E-state index in [9.17, 15) is 0 Å². The van der Waals surface area contributed by atoms with Crippen LogP contribution in [0, 0.1) is 11.8 Å². The van der Waals surface area contributed by atoms with Crippen LogP contribution in [0.25, 0.3) is 0 Å². The van der Waals surface area contributed by atoms with Gasteiger partial charge in [0, 0.05) is 7.11 Å². The van der Waals surface area contributed by atoms with Crippen LogP contribution in [0.1, 0.15) is 37.7 Å². The van der Waals surface area contributed by atoms with Gasteiger partial charge < -0.3 is 4.74 Å². The Hall–Kier alpha value is -1.08. The Morgan fingerprint density at radius 3 is 2.53 bits per heavy atom. The van der Waals surface area contributed by atoms with Crippen LogP contribution in [0.4, 0.5) is 0 Å². The van der Waals surface area contributed by atoms with Gasteiger partial charge in [0.1, 0.15) is 0 Å². The number of allylic oxidation sites excluding steroid dienone is 1. The van der Waals surface area contributed by atoms with E-state index >= 15 is 0 Å². The summed E-state index contributed by atoms with van der Waals surface area (Å²) in [6, 6.07) is 10.9. The van der Waals surface area contributed by atoms with Crippen LogP contribution in [-0.4, -0.2) is 13.7 Å². The SMILES string of the molecule is COC/C=C/[C@H]1CC[C@H](CCc2ccccc2)CC1. The minimum absolute atomic E-state index is 0.758. The zero-order chi connectivity index (χ0) is 13.3. The highest BCUT2D eigenvalue weighted by Crippen LogP contribution is 2.32. The maximum absolute atomic E-state index is 5.05. The Morgan fingerprint density at radius 2 is 1.84 bits per heavy atom. The van der Waals surface area contributed by atoms with Crippen molar-refractivity contribution in [3.63, 3.8) is 0 Å². The summed E-state index contributed by atoms with van der Waals surface area (Å²) in [4.78, 5) is 0. The Labute approximate surface area is 117 Å². The van der Waals surface area contributed by atoms with Crippen molar-refractivity contribution in [2.75, 3.05) is 13.7 Å². The van der Waals surface area contributed by atoms with Crippen molar-refractivity contribution in [3.05, 3.63) is 48.0 Å². The Morgan fingerprint density at radius 1 is 1.11 bits per heavy atom. The molecule has 0 spiro atoms. The summed E-state index contributed by atoms with van der Waals surface area (Å²) in [5.41, 5.74) is 1.49. The molecule has 0 saturated heterocycles. The van der Waals surface area contributed by atoms with Crippen LogP contribution < -0.4 is 0 Å². The highest BCUT2D eigenvalue weighted by molar-refractivity contribution is 5.14. The number of methoxy groups -OCH3 is 1. The molecule has 0 aliphatic heterocycles. The fraction of sp³-hybridized carbons (Fsp3) is 0.556. The van der Waals surface area contributed by atoms with Crippen LogP contribution in [-0.2, 0) is 11.2 Å². The first-order chi connectivity index (χ1) is 9.38. The van der Waals surface area contributed by atoms with E-state index in [-0.39, 0.29) is 0 Å². The topological polar surface area (TPSA) is 9.23 Å². The van der Waals surface area contributed by atoms with E-state index < -0.39 is 0 Å². The lowest BCUT2D eigenvalue weighted by Gasteiger charge is -2.26. The molecular formula is C18H26O. The third-order valence-corrected chi connectivity index (χ3v) is 4.25. The molecule has 1 aliphatic carbocycles. The van der Waals surface area contributed by atoms with Gasteiger partial charge in [-0.1, -0.05) is 42.5 Å². The average molecular weight is 258 g/mol. The van der Waals surface area contributed by atoms with Crippen molar-refractivity contribution < 1.29 is 4.74 Å². The molecule has 1 aliphatic rings. The molecule has 1 aromatic carbocycles. The monoisotopic (exact) mass is 258 g/mol. The molecule has 0 radical (unpaired) electrons. The van der Waals surface area contributed by atoms with Gasteiger partial charge in [-0.25, -0.2) is 0 Å². The maximum atomic E-state index is 5.05. The van der Waals surface area contributed by atoms with Crippen molar-refractivity contribution in [3.8, 4) is 0 Å². The van der Waals surface area contributed by atoms with E-state index in [0.717, 1.165) is 18.4 Å². The van der Waals surface area contributed by atoms with Gasteiger partial charge in [-0.2, -0.15) is 0 Å². The smallest absolute Gasteiger partial charge is 0.0643 e. The molecule has 1 aromatic rings. The largest absolute Gasteiger partial charge is 0.381 e. The molecule has 1 nitrogen and oxygen atoms in total. The van der Waals surface area contributed by atoms with E-state index in [0.29, 0.717) is 0 Å². The predicted octanol–water partition coefficient (Wildman–Crippen LogP) is 4.63. The summed E-state index contributed by atoms with van der Waals surface area (Å²) in [5.74, 6) is 1.73. The molecule has 1 heteroatoms. The molecule has 0 heterocycles. The molecular weight excluding hydrogens is 232 g/mol. The molecule has 0 aromatic heterocycles. The quantitative estimate of drug-likeness (QED) is 0.676. The molecule has 0 bridgehead atoms. The van der Waals surface area contributed by atoms with E-state index in [2.05, 4.69) is 42.5 Å². The summed E-state index contributed by atoms with van der Waals surface area (Å²) in [7, 11) is 1.75. The van der Waals surface area contributed by atoms with E-state index in [1.165, 1.54) is 44.1 Å². The lowest BCUT2D eigenvalue weighted by molar-refractivity contribution is 0.232. The van der Waals surface area contributed by atoms with Gasteiger partial charge in [-0.05, 0) is 55.9 Å². The van der Waals surface area contributed by atoms with E-state index in [1.807, 2.05) is 0 Å². The fourth-order valence-corrected chi connectivity index (χ4v) is 3.03. The van der Waals surface area contributed by atoms with E-state index in [1.54, 1.807) is 7.11 Å². The molecule has 0 unspecified atom stereocenters. The van der Waals surface area contributed by atoms with Crippen LogP contribution >= 0.6 is 0 Å². The number of rotatable bonds is 6. The highest BCUT2D eigenvalue weighted by Gasteiger charge is 2.19. The zero-order valence-corrected chi connectivity index (χ0v) is 12.1. The summed E-state index contributed by atoms with van der Waals surface area (Å²) in [5, 5.41) is 0. The number of aryl methyl sites for hydroxylation is 1. The third-order valence-electron chi connectivity index (χ3n) is 4.25. The lowest BCUT2D eigenvalue weighted by Crippen LogP contribution is -2.13. The second-order valence-electron chi connectivity index (χ2n) is 5.69. The molecule has 0 N–H and O–H groups in total. The Bertz CT molecular complexity index is 361. The predicted molar refractivity (Wildman–Crippen MR) is 81.2 cm³/mol. The van der Waals surface area contributed by atoms with Crippen LogP contribution in [0.3, 0.4) is 0 Å². The summed E-state index contributed by atoms with van der Waals surface area (Å²) < 4.78 is 5.05. The molecule has 19 heavy (non-hydrogen) atoms. The zero-order valence-electron chi connectivity index (χ0n) is 12.1. The molecule has 0 atom stereocenters. The first kappa shape index (κ1) is 14.3. The number of ether oxygens (including phenoxy) is 1. The summed E-state index contributed by atoms with van der Waals surface area (Å²) in [6.07, 6.45) is 12.7. The second kappa shape index (κ2) is 8.16. The van der Waals surface area contributed by atoms with Gasteiger partial charge in [0.15, 0.2) is 0 Å². The highest BCUT2D eigenvalue weighted by atomic mass is 16.5. The van der Waals surface area contributed by atoms with Gasteiger partial charge in [0.2, 0.25) is 0 Å². The number of hydrogen-bond donors (Lipinski definition) is 0. The Kier molecular flexibility index (Phi) is 6.16. The Balaban J connectivity index is 1.66. The second-order valence-corrected chi connectivity index (χ2v) is 5.69. The first-order valence-corrected chi connectivity index (χ1v) is 7.58. The average Bonchev–Trinajstić information content (AvgIpc) is 2.48. The first-order valence-electron chi connectivity index (χ1n) is 7.58. The normalized spacial score (nSPS) is 23.8. The van der Waals surface area contributed by atoms with Crippen LogP contribution in [0.15, 0.2) is 42.5 Å². The third kappa shape index (κ3) is 5.20. The van der Waals surface area contributed by atoms with Gasteiger partial charge in [0.05, 0.1) is 6.61 Å².